The first-order chi connectivity index (χ1) is 13.1. The molecule has 0 saturated carbocycles. The minimum atomic E-state index is -0.367. The Bertz CT molecular complexity index is 1180. The number of nitrogens with one attached hydrogen (secondary N) is 1. The summed E-state index contributed by atoms with van der Waals surface area (Å²) in [5.41, 5.74) is 2.27. The molecule has 0 saturated heterocycles. The molecule has 27 heavy (non-hydrogen) atoms. The van der Waals surface area contributed by atoms with Crippen LogP contribution in [0.4, 0.5) is 9.52 Å². The van der Waals surface area contributed by atoms with Gasteiger partial charge in [-0.3, -0.25) is 14.2 Å². The van der Waals surface area contributed by atoms with Gasteiger partial charge in [0.1, 0.15) is 12.4 Å². The standard InChI is InChI=1S/C19H13FN4O2S/c20-13-7-5-12(6-8-13)15-11-27-19(22-15)23-17(25)10-24-16-4-2-1-3-14(16)21-9-18(24)26/h1-9,11H,10H2,(H,22,23,25). The van der Waals surface area contributed by atoms with Gasteiger partial charge >= 0.3 is 0 Å². The van der Waals surface area contributed by atoms with Crippen LogP contribution < -0.4 is 10.9 Å². The lowest BCUT2D eigenvalue weighted by Crippen LogP contribution is -2.27. The van der Waals surface area contributed by atoms with Gasteiger partial charge in [-0.05, 0) is 36.4 Å². The molecule has 0 radical (unpaired) electrons. The number of rotatable bonds is 4. The maximum Gasteiger partial charge on any atom is 0.269 e. The van der Waals surface area contributed by atoms with Crippen LogP contribution in [0, 0.1) is 5.82 Å². The number of carbonyl (C=O) groups is 1. The van der Waals surface area contributed by atoms with Crippen LogP contribution in [-0.4, -0.2) is 20.4 Å². The first kappa shape index (κ1) is 17.0. The van der Waals surface area contributed by atoms with Gasteiger partial charge in [-0.15, -0.1) is 11.3 Å². The number of nitrogens with zero attached hydrogens (tertiary/aromatic N) is 3. The summed E-state index contributed by atoms with van der Waals surface area (Å²) >= 11 is 1.26. The van der Waals surface area contributed by atoms with Crippen LogP contribution in [0.1, 0.15) is 0 Å². The Morgan fingerprint density at radius 1 is 1.15 bits per heavy atom. The van der Waals surface area contributed by atoms with Crippen molar-refractivity contribution in [2.24, 2.45) is 0 Å². The van der Waals surface area contributed by atoms with Crippen LogP contribution in [0.25, 0.3) is 22.3 Å². The second kappa shape index (κ2) is 7.08. The summed E-state index contributed by atoms with van der Waals surface area (Å²) in [4.78, 5) is 32.9. The van der Waals surface area contributed by atoms with Crippen molar-refractivity contribution >= 4 is 33.4 Å². The fourth-order valence-corrected chi connectivity index (χ4v) is 3.40. The molecular weight excluding hydrogens is 367 g/mol. The third kappa shape index (κ3) is 3.61. The van der Waals surface area contributed by atoms with Crippen LogP contribution >= 0.6 is 11.3 Å². The molecule has 0 atom stereocenters. The number of anilines is 1. The van der Waals surface area contributed by atoms with E-state index in [1.54, 1.807) is 35.7 Å². The first-order valence-corrected chi connectivity index (χ1v) is 8.94. The van der Waals surface area contributed by atoms with E-state index in [1.165, 1.54) is 34.2 Å². The van der Waals surface area contributed by atoms with E-state index >= 15 is 0 Å². The molecule has 4 aromatic rings. The number of halogens is 1. The Kier molecular flexibility index (Phi) is 4.47. The first-order valence-electron chi connectivity index (χ1n) is 8.06. The summed E-state index contributed by atoms with van der Waals surface area (Å²) in [7, 11) is 0. The van der Waals surface area contributed by atoms with Crippen molar-refractivity contribution in [3.63, 3.8) is 0 Å². The van der Waals surface area contributed by atoms with Gasteiger partial charge in [0.2, 0.25) is 5.91 Å². The fraction of sp³-hybridized carbons (Fsp3) is 0.0526. The molecular formula is C19H13FN4O2S. The predicted molar refractivity (Wildman–Crippen MR) is 102 cm³/mol. The SMILES string of the molecule is O=C(Cn1c(=O)cnc2ccccc21)Nc1nc(-c2ccc(F)cc2)cs1. The third-order valence-electron chi connectivity index (χ3n) is 3.94. The van der Waals surface area contributed by atoms with Gasteiger partial charge in [-0.2, -0.15) is 0 Å². The van der Waals surface area contributed by atoms with Crippen molar-refractivity contribution in [2.75, 3.05) is 5.32 Å². The van der Waals surface area contributed by atoms with Gasteiger partial charge in [0.05, 0.1) is 22.9 Å². The van der Waals surface area contributed by atoms with E-state index in [2.05, 4.69) is 15.3 Å². The van der Waals surface area contributed by atoms with E-state index in [-0.39, 0.29) is 23.8 Å². The van der Waals surface area contributed by atoms with Gasteiger partial charge in [0, 0.05) is 10.9 Å². The van der Waals surface area contributed by atoms with Gasteiger partial charge in [-0.1, -0.05) is 12.1 Å². The molecule has 0 aliphatic carbocycles. The minimum Gasteiger partial charge on any atom is -0.300 e. The second-order valence-electron chi connectivity index (χ2n) is 5.76. The summed E-state index contributed by atoms with van der Waals surface area (Å²) in [5.74, 6) is -0.689. The van der Waals surface area contributed by atoms with Crippen molar-refractivity contribution in [2.45, 2.75) is 6.54 Å². The summed E-state index contributed by atoms with van der Waals surface area (Å²) in [6.45, 7) is -0.146. The van der Waals surface area contributed by atoms with Crippen LogP contribution in [0.3, 0.4) is 0 Å². The lowest BCUT2D eigenvalue weighted by molar-refractivity contribution is -0.116. The van der Waals surface area contributed by atoms with E-state index in [0.717, 1.165) is 5.56 Å². The highest BCUT2D eigenvalue weighted by Gasteiger charge is 2.11. The molecule has 1 amide bonds. The third-order valence-corrected chi connectivity index (χ3v) is 4.70. The number of para-hydroxylation sites is 2. The summed E-state index contributed by atoms with van der Waals surface area (Å²) < 4.78 is 14.4. The molecule has 0 fully saturated rings. The number of amides is 1. The molecule has 6 nitrogen and oxygen atoms in total. The summed E-state index contributed by atoms with van der Waals surface area (Å²) in [5, 5.41) is 4.88. The average molecular weight is 380 g/mol. The molecule has 8 heteroatoms. The Balaban J connectivity index is 1.53. The lowest BCUT2D eigenvalue weighted by Gasteiger charge is -2.08. The van der Waals surface area contributed by atoms with Gasteiger partial charge in [0.25, 0.3) is 5.56 Å². The van der Waals surface area contributed by atoms with Crippen LogP contribution in [0.2, 0.25) is 0 Å². The molecule has 134 valence electrons. The molecule has 0 bridgehead atoms. The molecule has 4 rings (SSSR count). The molecule has 2 heterocycles. The van der Waals surface area contributed by atoms with Crippen LogP contribution in [0.15, 0.2) is 64.9 Å². The maximum absolute atomic E-state index is 13.0. The number of hydrogen-bond donors (Lipinski definition) is 1. The number of thiazole rings is 1. The van der Waals surface area contributed by atoms with E-state index in [1.807, 2.05) is 6.07 Å². The van der Waals surface area contributed by atoms with E-state index in [4.69, 9.17) is 0 Å². The van der Waals surface area contributed by atoms with E-state index in [0.29, 0.717) is 21.9 Å². The van der Waals surface area contributed by atoms with E-state index in [9.17, 15) is 14.0 Å². The highest BCUT2D eigenvalue weighted by molar-refractivity contribution is 7.14. The zero-order valence-electron chi connectivity index (χ0n) is 13.9. The molecule has 2 aromatic heterocycles. The molecule has 0 aliphatic heterocycles. The highest BCUT2D eigenvalue weighted by Crippen LogP contribution is 2.25. The zero-order chi connectivity index (χ0) is 18.8. The number of aromatic nitrogens is 3. The average Bonchev–Trinajstić information content (AvgIpc) is 3.13. The monoisotopic (exact) mass is 380 g/mol. The maximum atomic E-state index is 13.0. The summed E-state index contributed by atoms with van der Waals surface area (Å²) in [6.07, 6.45) is 1.20. The number of carbonyl (C=O) groups excluding carboxylic acids is 1. The normalized spacial score (nSPS) is 10.9. The van der Waals surface area contributed by atoms with Crippen molar-refractivity contribution in [1.82, 2.24) is 14.5 Å². The van der Waals surface area contributed by atoms with Gasteiger partial charge in [0.15, 0.2) is 5.13 Å². The number of benzene rings is 2. The Hall–Kier alpha value is -3.39. The Labute approximate surface area is 157 Å². The zero-order valence-corrected chi connectivity index (χ0v) is 14.7. The molecule has 0 spiro atoms. The van der Waals surface area contributed by atoms with Gasteiger partial charge < -0.3 is 5.32 Å². The van der Waals surface area contributed by atoms with Crippen LogP contribution in [-0.2, 0) is 11.3 Å². The fourth-order valence-electron chi connectivity index (χ4n) is 2.66. The number of hydrogen-bond acceptors (Lipinski definition) is 5. The van der Waals surface area contributed by atoms with Crippen molar-refractivity contribution in [3.8, 4) is 11.3 Å². The molecule has 0 unspecified atom stereocenters. The topological polar surface area (TPSA) is 76.9 Å². The second-order valence-corrected chi connectivity index (χ2v) is 6.62. The van der Waals surface area contributed by atoms with Crippen molar-refractivity contribution < 1.29 is 9.18 Å². The Morgan fingerprint density at radius 2 is 1.93 bits per heavy atom. The summed E-state index contributed by atoms with van der Waals surface area (Å²) in [6, 6.07) is 13.1. The minimum absolute atomic E-state index is 0.146. The smallest absolute Gasteiger partial charge is 0.269 e. The van der Waals surface area contributed by atoms with Crippen molar-refractivity contribution in [3.05, 3.63) is 76.3 Å². The van der Waals surface area contributed by atoms with E-state index < -0.39 is 0 Å². The number of fused-ring (bicyclic) bond motifs is 1. The molecule has 0 aliphatic rings. The Morgan fingerprint density at radius 3 is 2.74 bits per heavy atom. The largest absolute Gasteiger partial charge is 0.300 e. The highest BCUT2D eigenvalue weighted by atomic mass is 32.1. The van der Waals surface area contributed by atoms with Gasteiger partial charge in [-0.25, -0.2) is 14.4 Å². The van der Waals surface area contributed by atoms with Crippen LogP contribution in [0.5, 0.6) is 0 Å². The van der Waals surface area contributed by atoms with Crippen molar-refractivity contribution in [1.29, 1.82) is 0 Å². The predicted octanol–water partition coefficient (Wildman–Crippen LogP) is 3.30. The molecule has 2 aromatic carbocycles. The lowest BCUT2D eigenvalue weighted by atomic mass is 10.2. The quantitative estimate of drug-likeness (QED) is 0.589. The molecule has 1 N–H and O–H groups in total.